The van der Waals surface area contributed by atoms with Gasteiger partial charge in [0.2, 0.25) is 0 Å². The van der Waals surface area contributed by atoms with Gasteiger partial charge >= 0.3 is 0 Å². The molecule has 0 saturated heterocycles. The summed E-state index contributed by atoms with van der Waals surface area (Å²) in [6.45, 7) is 2.25. The Morgan fingerprint density at radius 3 is 2.40 bits per heavy atom. The fraction of sp³-hybridized carbons (Fsp3) is 0.438. The van der Waals surface area contributed by atoms with E-state index < -0.39 is 0 Å². The Hall–Kier alpha value is -1.97. The van der Waals surface area contributed by atoms with Gasteiger partial charge in [-0.15, -0.1) is 0 Å². The van der Waals surface area contributed by atoms with Crippen molar-refractivity contribution in [3.63, 3.8) is 0 Å². The lowest BCUT2D eigenvalue weighted by Gasteiger charge is -2.33. The van der Waals surface area contributed by atoms with Crippen molar-refractivity contribution in [1.82, 2.24) is 4.98 Å². The third-order valence-electron chi connectivity index (χ3n) is 3.83. The van der Waals surface area contributed by atoms with E-state index in [1.807, 2.05) is 18.2 Å². The molecular weight excluding hydrogens is 254 g/mol. The van der Waals surface area contributed by atoms with Gasteiger partial charge in [-0.2, -0.15) is 0 Å². The summed E-state index contributed by atoms with van der Waals surface area (Å²) in [5, 5.41) is 0.963. The highest BCUT2D eigenvalue weighted by atomic mass is 16.5. The maximum absolute atomic E-state index is 6.07. The Labute approximate surface area is 118 Å². The molecular formula is C16H19NO3. The first-order chi connectivity index (χ1) is 9.71. The molecule has 1 aromatic heterocycles. The minimum Gasteiger partial charge on any atom is -0.493 e. The van der Waals surface area contributed by atoms with Crippen LogP contribution in [-0.4, -0.2) is 25.3 Å². The standard InChI is InChI=1S/C16H19NO3/c1-10-6-11(7-10)20-14-4-5-17-13-9-16(19-3)15(18-2)8-12(13)14/h4-5,8-11H,6-7H2,1-3H3. The van der Waals surface area contributed by atoms with Crippen molar-refractivity contribution >= 4 is 10.9 Å². The Morgan fingerprint density at radius 1 is 1.05 bits per heavy atom. The second kappa shape index (κ2) is 5.19. The molecule has 0 radical (unpaired) electrons. The quantitative estimate of drug-likeness (QED) is 0.855. The van der Waals surface area contributed by atoms with Crippen molar-refractivity contribution in [3.05, 3.63) is 24.4 Å². The van der Waals surface area contributed by atoms with Crippen LogP contribution < -0.4 is 14.2 Å². The van der Waals surface area contributed by atoms with Crippen LogP contribution in [0.1, 0.15) is 19.8 Å². The normalized spacial score (nSPS) is 21.4. The minimum absolute atomic E-state index is 0.323. The molecule has 1 aromatic carbocycles. The maximum atomic E-state index is 6.07. The van der Waals surface area contributed by atoms with Gasteiger partial charge < -0.3 is 14.2 Å². The first kappa shape index (κ1) is 13.0. The van der Waals surface area contributed by atoms with Crippen molar-refractivity contribution in [2.45, 2.75) is 25.9 Å². The number of hydrogen-bond acceptors (Lipinski definition) is 4. The van der Waals surface area contributed by atoms with Gasteiger partial charge in [0.25, 0.3) is 0 Å². The fourth-order valence-corrected chi connectivity index (χ4v) is 2.65. The van der Waals surface area contributed by atoms with E-state index in [0.717, 1.165) is 35.4 Å². The van der Waals surface area contributed by atoms with E-state index in [9.17, 15) is 0 Å². The lowest BCUT2D eigenvalue weighted by Crippen LogP contribution is -2.31. The molecule has 0 spiro atoms. The van der Waals surface area contributed by atoms with Gasteiger partial charge in [-0.3, -0.25) is 4.98 Å². The molecule has 106 valence electrons. The van der Waals surface area contributed by atoms with E-state index >= 15 is 0 Å². The van der Waals surface area contributed by atoms with Crippen LogP contribution >= 0.6 is 0 Å². The first-order valence-corrected chi connectivity index (χ1v) is 6.88. The van der Waals surface area contributed by atoms with Gasteiger partial charge in [-0.05, 0) is 30.9 Å². The molecule has 0 N–H and O–H groups in total. The highest BCUT2D eigenvalue weighted by Crippen LogP contribution is 2.37. The summed E-state index contributed by atoms with van der Waals surface area (Å²) in [6, 6.07) is 5.72. The number of rotatable bonds is 4. The summed E-state index contributed by atoms with van der Waals surface area (Å²) in [5.74, 6) is 3.01. The third-order valence-corrected chi connectivity index (χ3v) is 3.83. The maximum Gasteiger partial charge on any atom is 0.162 e. The molecule has 1 aliphatic rings. The first-order valence-electron chi connectivity index (χ1n) is 6.88. The predicted octanol–water partition coefficient (Wildman–Crippen LogP) is 3.43. The van der Waals surface area contributed by atoms with Crippen molar-refractivity contribution in [1.29, 1.82) is 0 Å². The molecule has 0 bridgehead atoms. The van der Waals surface area contributed by atoms with Gasteiger partial charge in [0, 0.05) is 17.6 Å². The van der Waals surface area contributed by atoms with Gasteiger partial charge in [0.1, 0.15) is 5.75 Å². The molecule has 20 heavy (non-hydrogen) atoms. The average molecular weight is 273 g/mol. The third kappa shape index (κ3) is 2.26. The molecule has 0 unspecified atom stereocenters. The molecule has 0 atom stereocenters. The largest absolute Gasteiger partial charge is 0.493 e. The molecule has 3 rings (SSSR count). The zero-order chi connectivity index (χ0) is 14.1. The summed E-state index contributed by atoms with van der Waals surface area (Å²) in [6.07, 6.45) is 4.34. The molecule has 4 nitrogen and oxygen atoms in total. The van der Waals surface area contributed by atoms with E-state index in [4.69, 9.17) is 14.2 Å². The van der Waals surface area contributed by atoms with E-state index in [-0.39, 0.29) is 0 Å². The van der Waals surface area contributed by atoms with Gasteiger partial charge in [0.05, 0.1) is 25.8 Å². The highest BCUT2D eigenvalue weighted by Gasteiger charge is 2.27. The van der Waals surface area contributed by atoms with Crippen LogP contribution in [0.15, 0.2) is 24.4 Å². The van der Waals surface area contributed by atoms with E-state index in [1.165, 1.54) is 0 Å². The van der Waals surface area contributed by atoms with Crippen LogP contribution in [0.3, 0.4) is 0 Å². The van der Waals surface area contributed by atoms with Crippen LogP contribution in [0.2, 0.25) is 0 Å². The van der Waals surface area contributed by atoms with Crippen LogP contribution in [0, 0.1) is 5.92 Å². The van der Waals surface area contributed by atoms with Gasteiger partial charge in [-0.25, -0.2) is 0 Å². The van der Waals surface area contributed by atoms with E-state index in [2.05, 4.69) is 11.9 Å². The monoisotopic (exact) mass is 273 g/mol. The Balaban J connectivity index is 1.99. The van der Waals surface area contributed by atoms with Crippen LogP contribution in [-0.2, 0) is 0 Å². The lowest BCUT2D eigenvalue weighted by molar-refractivity contribution is 0.0753. The van der Waals surface area contributed by atoms with Crippen molar-refractivity contribution < 1.29 is 14.2 Å². The highest BCUT2D eigenvalue weighted by molar-refractivity contribution is 5.88. The van der Waals surface area contributed by atoms with Crippen molar-refractivity contribution in [3.8, 4) is 17.2 Å². The SMILES string of the molecule is COc1cc2nccc(OC3CC(C)C3)c2cc1OC. The van der Waals surface area contributed by atoms with Gasteiger partial charge in [0.15, 0.2) is 11.5 Å². The van der Waals surface area contributed by atoms with Crippen molar-refractivity contribution in [2.75, 3.05) is 14.2 Å². The average Bonchev–Trinajstić information content (AvgIpc) is 2.44. The molecule has 1 heterocycles. The Bertz CT molecular complexity index is 620. The summed E-state index contributed by atoms with van der Waals surface area (Å²) in [7, 11) is 3.26. The number of hydrogen-bond donors (Lipinski definition) is 0. The zero-order valence-electron chi connectivity index (χ0n) is 12.1. The predicted molar refractivity (Wildman–Crippen MR) is 77.7 cm³/mol. The molecule has 1 saturated carbocycles. The zero-order valence-corrected chi connectivity index (χ0v) is 12.1. The molecule has 0 aliphatic heterocycles. The number of nitrogens with zero attached hydrogens (tertiary/aromatic N) is 1. The summed E-state index contributed by atoms with van der Waals surface area (Å²) in [4.78, 5) is 4.38. The molecule has 1 fully saturated rings. The summed E-state index contributed by atoms with van der Waals surface area (Å²) in [5.41, 5.74) is 0.854. The lowest BCUT2D eigenvalue weighted by atomic mass is 9.84. The number of ether oxygens (including phenoxy) is 3. The second-order valence-electron chi connectivity index (χ2n) is 5.35. The molecule has 1 aliphatic carbocycles. The minimum atomic E-state index is 0.323. The number of fused-ring (bicyclic) bond motifs is 1. The van der Waals surface area contributed by atoms with Crippen molar-refractivity contribution in [2.24, 2.45) is 5.92 Å². The van der Waals surface area contributed by atoms with E-state index in [1.54, 1.807) is 20.4 Å². The molecule has 2 aromatic rings. The second-order valence-corrected chi connectivity index (χ2v) is 5.35. The fourth-order valence-electron chi connectivity index (χ4n) is 2.65. The number of pyridine rings is 1. The van der Waals surface area contributed by atoms with Crippen LogP contribution in [0.5, 0.6) is 17.2 Å². The smallest absolute Gasteiger partial charge is 0.162 e. The summed E-state index contributed by atoms with van der Waals surface area (Å²) < 4.78 is 16.7. The van der Waals surface area contributed by atoms with Crippen LogP contribution in [0.4, 0.5) is 0 Å². The Morgan fingerprint density at radius 2 is 1.75 bits per heavy atom. The van der Waals surface area contributed by atoms with E-state index in [0.29, 0.717) is 17.6 Å². The summed E-state index contributed by atoms with van der Waals surface area (Å²) >= 11 is 0. The Kier molecular flexibility index (Phi) is 3.38. The molecule has 4 heteroatoms. The number of aromatic nitrogens is 1. The topological polar surface area (TPSA) is 40.6 Å². The van der Waals surface area contributed by atoms with Gasteiger partial charge in [-0.1, -0.05) is 6.92 Å². The number of methoxy groups -OCH3 is 2. The van der Waals surface area contributed by atoms with Crippen LogP contribution in [0.25, 0.3) is 10.9 Å². The number of benzene rings is 1. The molecule has 0 amide bonds.